The van der Waals surface area contributed by atoms with Crippen LogP contribution in [0, 0.1) is 6.92 Å². The van der Waals surface area contributed by atoms with Crippen molar-refractivity contribution in [2.75, 3.05) is 38.3 Å². The van der Waals surface area contributed by atoms with Crippen LogP contribution >= 0.6 is 23.2 Å². The van der Waals surface area contributed by atoms with Gasteiger partial charge in [0.2, 0.25) is 5.95 Å². The molecule has 0 unspecified atom stereocenters. The lowest BCUT2D eigenvalue weighted by molar-refractivity contribution is 0.280. The molecule has 2 heterocycles. The van der Waals surface area contributed by atoms with Gasteiger partial charge < -0.3 is 20.7 Å². The van der Waals surface area contributed by atoms with E-state index in [-0.39, 0.29) is 33.1 Å². The Kier molecular flexibility index (Phi) is 7.39. The van der Waals surface area contributed by atoms with E-state index in [4.69, 9.17) is 33.7 Å². The molecule has 0 spiro atoms. The number of fused-ring (bicyclic) bond motifs is 1. The summed E-state index contributed by atoms with van der Waals surface area (Å²) >= 11 is 12.5. The zero-order valence-corrected chi connectivity index (χ0v) is 21.1. The molecular weight excluding hydrogens is 489 g/mol. The highest BCUT2D eigenvalue weighted by Gasteiger charge is 2.17. The minimum Gasteiger partial charge on any atom is -0.493 e. The van der Waals surface area contributed by atoms with E-state index in [1.54, 1.807) is 18.2 Å². The Morgan fingerprint density at radius 3 is 2.60 bits per heavy atom. The summed E-state index contributed by atoms with van der Waals surface area (Å²) in [6.07, 6.45) is 2.42. The van der Waals surface area contributed by atoms with Crippen molar-refractivity contribution in [3.8, 4) is 11.4 Å². The van der Waals surface area contributed by atoms with E-state index in [2.05, 4.69) is 25.2 Å². The Hall–Kier alpha value is -3.40. The van der Waals surface area contributed by atoms with Gasteiger partial charge in [0.25, 0.3) is 0 Å². The van der Waals surface area contributed by atoms with Crippen LogP contribution in [0.1, 0.15) is 12.0 Å². The third-order valence-corrected chi connectivity index (χ3v) is 5.90. The molecule has 0 amide bonds. The number of anilines is 3. The highest BCUT2D eigenvalue weighted by Crippen LogP contribution is 2.31. The van der Waals surface area contributed by atoms with Crippen LogP contribution < -0.4 is 21.5 Å². The number of halogens is 2. The van der Waals surface area contributed by atoms with Gasteiger partial charge in [-0.1, -0.05) is 35.3 Å². The molecule has 4 rings (SSSR count). The summed E-state index contributed by atoms with van der Waals surface area (Å²) in [5.74, 6) is 1.13. The maximum absolute atomic E-state index is 12.8. The van der Waals surface area contributed by atoms with Gasteiger partial charge in [-0.15, -0.1) is 0 Å². The number of aryl methyl sites for hydroxylation is 1. The van der Waals surface area contributed by atoms with Crippen LogP contribution in [-0.4, -0.2) is 51.7 Å². The van der Waals surface area contributed by atoms with Crippen LogP contribution in [0.4, 0.5) is 17.5 Å². The summed E-state index contributed by atoms with van der Waals surface area (Å²) in [6.45, 7) is 3.54. The molecule has 0 atom stereocenters. The standard InChI is InChI=1S/C24H25Cl2N7O2/c1-14-8-9-15(12-19(14)35-11-5-10-32(2)3)29-23-28-13-16-21(27)33(24(34)31-22(16)30-23)20-17(25)6-4-7-18(20)26/h4,6-9,12-13H,5,10-11,27H2,1-3H3,(H,29,30,31,34). The van der Waals surface area contributed by atoms with Crippen LogP contribution in [0.2, 0.25) is 10.0 Å². The van der Waals surface area contributed by atoms with Crippen molar-refractivity contribution in [2.24, 2.45) is 0 Å². The first kappa shape index (κ1) is 24.7. The SMILES string of the molecule is Cc1ccc(Nc2ncc3c(N)n(-c4c(Cl)cccc4Cl)c(=O)nc3n2)cc1OCCCN(C)C. The molecule has 11 heteroatoms. The molecule has 0 aliphatic heterocycles. The summed E-state index contributed by atoms with van der Waals surface area (Å²) in [6, 6.07) is 10.6. The lowest BCUT2D eigenvalue weighted by Gasteiger charge is -2.15. The maximum Gasteiger partial charge on any atom is 0.355 e. The van der Waals surface area contributed by atoms with E-state index < -0.39 is 5.69 Å². The third-order valence-electron chi connectivity index (χ3n) is 5.29. The van der Waals surface area contributed by atoms with Gasteiger partial charge in [-0.25, -0.2) is 14.3 Å². The number of benzene rings is 2. The minimum atomic E-state index is -0.654. The Balaban J connectivity index is 1.62. The summed E-state index contributed by atoms with van der Waals surface area (Å²) in [4.78, 5) is 27.8. The Morgan fingerprint density at radius 1 is 1.14 bits per heavy atom. The lowest BCUT2D eigenvalue weighted by Crippen LogP contribution is -2.25. The number of nitrogens with two attached hydrogens (primary N) is 1. The number of hydrogen-bond donors (Lipinski definition) is 2. The second kappa shape index (κ2) is 10.5. The highest BCUT2D eigenvalue weighted by molar-refractivity contribution is 6.37. The van der Waals surface area contributed by atoms with Crippen molar-refractivity contribution in [2.45, 2.75) is 13.3 Å². The molecule has 0 saturated heterocycles. The van der Waals surface area contributed by atoms with Crippen LogP contribution in [0.15, 0.2) is 47.4 Å². The molecule has 182 valence electrons. The van der Waals surface area contributed by atoms with Crippen LogP contribution in [0.3, 0.4) is 0 Å². The van der Waals surface area contributed by atoms with Crippen molar-refractivity contribution in [3.63, 3.8) is 0 Å². The summed E-state index contributed by atoms with van der Waals surface area (Å²) in [5.41, 5.74) is 7.80. The van der Waals surface area contributed by atoms with Crippen LogP contribution in [0.25, 0.3) is 16.7 Å². The predicted octanol–water partition coefficient (Wildman–Crippen LogP) is 4.45. The number of ether oxygens (including phenoxy) is 1. The monoisotopic (exact) mass is 513 g/mol. The molecule has 0 radical (unpaired) electrons. The largest absolute Gasteiger partial charge is 0.493 e. The molecule has 3 N–H and O–H groups in total. The topological polar surface area (TPSA) is 111 Å². The summed E-state index contributed by atoms with van der Waals surface area (Å²) < 4.78 is 7.10. The fraction of sp³-hybridized carbons (Fsp3) is 0.250. The van der Waals surface area contributed by atoms with Gasteiger partial charge >= 0.3 is 5.69 Å². The first-order chi connectivity index (χ1) is 16.7. The van der Waals surface area contributed by atoms with Crippen LogP contribution in [0.5, 0.6) is 5.75 Å². The van der Waals surface area contributed by atoms with Crippen molar-refractivity contribution in [1.29, 1.82) is 0 Å². The lowest BCUT2D eigenvalue weighted by atomic mass is 10.2. The van der Waals surface area contributed by atoms with Gasteiger partial charge in [-0.3, -0.25) is 0 Å². The van der Waals surface area contributed by atoms with Gasteiger partial charge in [0, 0.05) is 24.5 Å². The van der Waals surface area contributed by atoms with Crippen molar-refractivity contribution < 1.29 is 4.74 Å². The highest BCUT2D eigenvalue weighted by atomic mass is 35.5. The Bertz CT molecular complexity index is 1420. The average Bonchev–Trinajstić information content (AvgIpc) is 2.80. The fourth-order valence-electron chi connectivity index (χ4n) is 3.51. The molecule has 9 nitrogen and oxygen atoms in total. The number of nitrogen functional groups attached to an aromatic ring is 1. The number of hydrogen-bond acceptors (Lipinski definition) is 8. The second-order valence-corrected chi connectivity index (χ2v) is 9.04. The number of nitrogens with one attached hydrogen (secondary N) is 1. The average molecular weight is 514 g/mol. The molecule has 0 bridgehead atoms. The van der Waals surface area contributed by atoms with E-state index in [9.17, 15) is 4.79 Å². The first-order valence-electron chi connectivity index (χ1n) is 10.9. The number of para-hydroxylation sites is 1. The van der Waals surface area contributed by atoms with E-state index in [0.717, 1.165) is 34.5 Å². The molecule has 4 aromatic rings. The molecule has 0 saturated carbocycles. The van der Waals surface area contributed by atoms with Crippen molar-refractivity contribution in [3.05, 3.63) is 68.7 Å². The van der Waals surface area contributed by atoms with Gasteiger partial charge in [-0.05, 0) is 51.2 Å². The molecular formula is C24H25Cl2N7O2. The molecule has 2 aromatic heterocycles. The quantitative estimate of drug-likeness (QED) is 0.332. The second-order valence-electron chi connectivity index (χ2n) is 8.23. The normalized spacial score (nSPS) is 11.3. The predicted molar refractivity (Wildman–Crippen MR) is 140 cm³/mol. The van der Waals surface area contributed by atoms with Crippen molar-refractivity contribution >= 4 is 51.7 Å². The minimum absolute atomic E-state index is 0.0882. The summed E-state index contributed by atoms with van der Waals surface area (Å²) in [5, 5.41) is 4.06. The van der Waals surface area contributed by atoms with Crippen molar-refractivity contribution in [1.82, 2.24) is 24.4 Å². The van der Waals surface area contributed by atoms with Gasteiger partial charge in [-0.2, -0.15) is 9.97 Å². The molecule has 2 aromatic carbocycles. The fourth-order valence-corrected chi connectivity index (χ4v) is 4.07. The van der Waals surface area contributed by atoms with Gasteiger partial charge in [0.15, 0.2) is 5.65 Å². The zero-order chi connectivity index (χ0) is 25.1. The number of aromatic nitrogens is 4. The van der Waals surface area contributed by atoms with Gasteiger partial charge in [0.05, 0.1) is 27.7 Å². The molecule has 35 heavy (non-hydrogen) atoms. The Morgan fingerprint density at radius 2 is 1.89 bits per heavy atom. The van der Waals surface area contributed by atoms with Gasteiger partial charge in [0.1, 0.15) is 11.6 Å². The first-order valence-corrected chi connectivity index (χ1v) is 11.6. The smallest absolute Gasteiger partial charge is 0.355 e. The summed E-state index contributed by atoms with van der Waals surface area (Å²) in [7, 11) is 4.06. The zero-order valence-electron chi connectivity index (χ0n) is 19.5. The maximum atomic E-state index is 12.8. The number of rotatable bonds is 8. The molecule has 0 aliphatic carbocycles. The third kappa shape index (κ3) is 5.48. The van der Waals surface area contributed by atoms with Crippen LogP contribution in [-0.2, 0) is 0 Å². The van der Waals surface area contributed by atoms with E-state index in [1.165, 1.54) is 6.20 Å². The van der Waals surface area contributed by atoms with E-state index >= 15 is 0 Å². The molecule has 0 fully saturated rings. The van der Waals surface area contributed by atoms with E-state index in [0.29, 0.717) is 12.0 Å². The molecule has 0 aliphatic rings. The van der Waals surface area contributed by atoms with E-state index in [1.807, 2.05) is 39.2 Å². The Labute approximate surface area is 212 Å². The number of nitrogens with zero attached hydrogens (tertiary/aromatic N) is 5.